The van der Waals surface area contributed by atoms with Crippen LogP contribution in [-0.2, 0) is 17.6 Å². The molecule has 1 aromatic carbocycles. The van der Waals surface area contributed by atoms with Crippen molar-refractivity contribution in [2.45, 2.75) is 26.2 Å². The first kappa shape index (κ1) is 14.5. The Bertz CT molecular complexity index is 575. The highest BCUT2D eigenvalue weighted by atomic mass is 32.1. The van der Waals surface area contributed by atoms with E-state index in [1.165, 1.54) is 4.88 Å². The summed E-state index contributed by atoms with van der Waals surface area (Å²) in [5, 5.41) is 3.99. The molecule has 2 aromatic rings. The van der Waals surface area contributed by atoms with Crippen LogP contribution in [0.3, 0.4) is 0 Å². The third-order valence-corrected chi connectivity index (χ3v) is 4.06. The molecule has 1 amide bonds. The molecule has 0 spiro atoms. The van der Waals surface area contributed by atoms with E-state index in [0.717, 1.165) is 23.3 Å². The van der Waals surface area contributed by atoms with Crippen LogP contribution >= 0.6 is 11.3 Å². The number of hydrogen-bond donors (Lipinski definition) is 1. The fourth-order valence-electron chi connectivity index (χ4n) is 1.78. The summed E-state index contributed by atoms with van der Waals surface area (Å²) in [6, 6.07) is 14.1. The minimum absolute atomic E-state index is 0.0580. The number of benzene rings is 1. The molecule has 0 bridgehead atoms. The smallest absolute Gasteiger partial charge is 0.240 e. The highest BCUT2D eigenvalue weighted by Gasteiger charge is 2.00. The van der Waals surface area contributed by atoms with E-state index in [4.69, 9.17) is 0 Å². The Morgan fingerprint density at radius 3 is 2.75 bits per heavy atom. The molecule has 0 aliphatic heterocycles. The molecular formula is C16H18N2OS. The number of amides is 1. The van der Waals surface area contributed by atoms with Gasteiger partial charge < -0.3 is 0 Å². The van der Waals surface area contributed by atoms with Crippen molar-refractivity contribution in [2.75, 3.05) is 0 Å². The molecular weight excluding hydrogens is 268 g/mol. The van der Waals surface area contributed by atoms with Crippen molar-refractivity contribution in [2.24, 2.45) is 5.10 Å². The molecule has 0 unspecified atom stereocenters. The molecule has 0 saturated carbocycles. The predicted octanol–water partition coefficient (Wildman–Crippen LogP) is 3.39. The number of hydrazone groups is 1. The zero-order chi connectivity index (χ0) is 14.2. The Morgan fingerprint density at radius 2 is 2.05 bits per heavy atom. The lowest BCUT2D eigenvalue weighted by Gasteiger charge is -2.00. The van der Waals surface area contributed by atoms with E-state index in [2.05, 4.69) is 23.5 Å². The van der Waals surface area contributed by atoms with Crippen LogP contribution in [0.5, 0.6) is 0 Å². The minimum Gasteiger partial charge on any atom is -0.273 e. The summed E-state index contributed by atoms with van der Waals surface area (Å²) in [6.45, 7) is 2.12. The average Bonchev–Trinajstić information content (AvgIpc) is 2.94. The molecule has 20 heavy (non-hydrogen) atoms. The molecule has 2 rings (SSSR count). The Hall–Kier alpha value is -1.94. The lowest BCUT2D eigenvalue weighted by Crippen LogP contribution is -2.17. The topological polar surface area (TPSA) is 41.5 Å². The number of aryl methyl sites for hydroxylation is 2. The van der Waals surface area contributed by atoms with Gasteiger partial charge in [-0.2, -0.15) is 5.10 Å². The van der Waals surface area contributed by atoms with E-state index in [-0.39, 0.29) is 5.91 Å². The maximum absolute atomic E-state index is 11.6. The van der Waals surface area contributed by atoms with E-state index >= 15 is 0 Å². The van der Waals surface area contributed by atoms with Gasteiger partial charge in [0, 0.05) is 16.2 Å². The molecule has 0 fully saturated rings. The number of nitrogens with zero attached hydrogens (tertiary/aromatic N) is 1. The highest BCUT2D eigenvalue weighted by molar-refractivity contribution is 7.13. The van der Waals surface area contributed by atoms with Gasteiger partial charge in [-0.05, 0) is 30.5 Å². The molecule has 0 atom stereocenters. The van der Waals surface area contributed by atoms with E-state index < -0.39 is 0 Å². The summed E-state index contributed by atoms with van der Waals surface area (Å²) in [5.74, 6) is -0.0580. The van der Waals surface area contributed by atoms with Crippen LogP contribution in [0, 0.1) is 0 Å². The van der Waals surface area contributed by atoms with E-state index in [0.29, 0.717) is 6.42 Å². The summed E-state index contributed by atoms with van der Waals surface area (Å²) in [4.78, 5) is 14.0. The van der Waals surface area contributed by atoms with Crippen molar-refractivity contribution >= 4 is 23.5 Å². The predicted molar refractivity (Wildman–Crippen MR) is 84.2 cm³/mol. The minimum atomic E-state index is -0.0580. The van der Waals surface area contributed by atoms with Crippen LogP contribution in [0.1, 0.15) is 28.7 Å². The van der Waals surface area contributed by atoms with Crippen molar-refractivity contribution in [1.29, 1.82) is 0 Å². The van der Waals surface area contributed by atoms with Crippen LogP contribution in [0.4, 0.5) is 0 Å². The second kappa shape index (κ2) is 7.60. The number of thiophene rings is 1. The maximum atomic E-state index is 11.6. The molecule has 104 valence electrons. The Labute approximate surface area is 123 Å². The fraction of sp³-hybridized carbons (Fsp3) is 0.250. The van der Waals surface area contributed by atoms with E-state index in [9.17, 15) is 4.79 Å². The van der Waals surface area contributed by atoms with Crippen molar-refractivity contribution in [3.8, 4) is 0 Å². The lowest BCUT2D eigenvalue weighted by atomic mass is 10.1. The number of rotatable bonds is 6. The second-order valence-corrected chi connectivity index (χ2v) is 5.64. The molecule has 0 saturated heterocycles. The lowest BCUT2D eigenvalue weighted by molar-refractivity contribution is -0.121. The summed E-state index contributed by atoms with van der Waals surface area (Å²) in [7, 11) is 0. The Kier molecular flexibility index (Phi) is 5.50. The van der Waals surface area contributed by atoms with Gasteiger partial charge in [-0.25, -0.2) is 5.43 Å². The van der Waals surface area contributed by atoms with Crippen LogP contribution in [0.2, 0.25) is 0 Å². The number of nitrogens with one attached hydrogen (secondary N) is 1. The monoisotopic (exact) mass is 286 g/mol. The number of carbonyl (C=O) groups excluding carboxylic acids is 1. The Morgan fingerprint density at radius 1 is 1.25 bits per heavy atom. The number of hydrogen-bond acceptors (Lipinski definition) is 3. The molecule has 1 N–H and O–H groups in total. The van der Waals surface area contributed by atoms with Crippen molar-refractivity contribution in [3.05, 3.63) is 57.8 Å². The molecule has 1 aromatic heterocycles. The van der Waals surface area contributed by atoms with E-state index in [1.54, 1.807) is 17.6 Å². The molecule has 0 aliphatic rings. The van der Waals surface area contributed by atoms with Crippen LogP contribution in [0.15, 0.2) is 47.6 Å². The van der Waals surface area contributed by atoms with Crippen LogP contribution in [-0.4, -0.2) is 12.1 Å². The fourth-order valence-corrected chi connectivity index (χ4v) is 2.60. The molecule has 4 heteroatoms. The second-order valence-electron chi connectivity index (χ2n) is 4.44. The van der Waals surface area contributed by atoms with Gasteiger partial charge in [-0.1, -0.05) is 37.3 Å². The molecule has 1 heterocycles. The molecule has 3 nitrogen and oxygen atoms in total. The van der Waals surface area contributed by atoms with Crippen LogP contribution < -0.4 is 5.43 Å². The molecule has 0 radical (unpaired) electrons. The zero-order valence-corrected chi connectivity index (χ0v) is 12.3. The van der Waals surface area contributed by atoms with Crippen molar-refractivity contribution in [1.82, 2.24) is 5.43 Å². The van der Waals surface area contributed by atoms with E-state index in [1.807, 2.05) is 36.4 Å². The van der Waals surface area contributed by atoms with Gasteiger partial charge in [0.15, 0.2) is 0 Å². The highest BCUT2D eigenvalue weighted by Crippen LogP contribution is 2.14. The maximum Gasteiger partial charge on any atom is 0.240 e. The summed E-state index contributed by atoms with van der Waals surface area (Å²) >= 11 is 1.69. The standard InChI is InChI=1S/C16H18N2OS/c1-2-14-9-10-15(20-14)12-17-18-16(19)11-8-13-6-4-3-5-7-13/h3-7,9-10,12H,2,8,11H2,1H3,(H,18,19). The molecule has 0 aliphatic carbocycles. The summed E-state index contributed by atoms with van der Waals surface area (Å²) in [5.41, 5.74) is 3.73. The van der Waals surface area contributed by atoms with Gasteiger partial charge in [0.25, 0.3) is 0 Å². The van der Waals surface area contributed by atoms with Crippen molar-refractivity contribution < 1.29 is 4.79 Å². The van der Waals surface area contributed by atoms with Gasteiger partial charge in [-0.15, -0.1) is 11.3 Å². The van der Waals surface area contributed by atoms with Gasteiger partial charge in [-0.3, -0.25) is 4.79 Å². The van der Waals surface area contributed by atoms with Gasteiger partial charge in [0.2, 0.25) is 5.91 Å². The first-order valence-corrected chi connectivity index (χ1v) is 7.54. The summed E-state index contributed by atoms with van der Waals surface area (Å²) in [6.07, 6.45) is 3.92. The van der Waals surface area contributed by atoms with Gasteiger partial charge in [0.05, 0.1) is 6.21 Å². The first-order valence-electron chi connectivity index (χ1n) is 6.72. The van der Waals surface area contributed by atoms with Crippen LogP contribution in [0.25, 0.3) is 0 Å². The first-order chi connectivity index (χ1) is 9.78. The zero-order valence-electron chi connectivity index (χ0n) is 11.5. The van der Waals surface area contributed by atoms with Crippen molar-refractivity contribution in [3.63, 3.8) is 0 Å². The van der Waals surface area contributed by atoms with Gasteiger partial charge in [0.1, 0.15) is 0 Å². The third-order valence-electron chi connectivity index (χ3n) is 2.90. The number of carbonyl (C=O) groups is 1. The SMILES string of the molecule is CCc1ccc(C=NNC(=O)CCc2ccccc2)s1. The quantitative estimate of drug-likeness (QED) is 0.642. The largest absolute Gasteiger partial charge is 0.273 e. The van der Waals surface area contributed by atoms with Gasteiger partial charge >= 0.3 is 0 Å². The summed E-state index contributed by atoms with van der Waals surface area (Å²) < 4.78 is 0. The average molecular weight is 286 g/mol. The Balaban J connectivity index is 1.74. The normalized spacial score (nSPS) is 10.8. The third kappa shape index (κ3) is 4.63.